The van der Waals surface area contributed by atoms with Gasteiger partial charge in [-0.2, -0.15) is 10.2 Å². The second-order valence-electron chi connectivity index (χ2n) is 8.25. The third-order valence-electron chi connectivity index (χ3n) is 5.86. The number of aromatic nitrogens is 3. The first-order valence-electron chi connectivity index (χ1n) is 10.8. The third-order valence-corrected chi connectivity index (χ3v) is 7.06. The Kier molecular flexibility index (Phi) is 6.07. The minimum absolute atomic E-state index is 0.234. The van der Waals surface area contributed by atoms with Crippen LogP contribution in [0.4, 0.5) is 0 Å². The van der Waals surface area contributed by atoms with Gasteiger partial charge in [-0.15, -0.1) is 11.3 Å². The lowest BCUT2D eigenvalue weighted by Crippen LogP contribution is -2.30. The van der Waals surface area contributed by atoms with Crippen LogP contribution in [0.25, 0.3) is 16.8 Å². The molecule has 8 nitrogen and oxygen atoms in total. The number of thiazole rings is 1. The zero-order valence-electron chi connectivity index (χ0n) is 18.6. The Morgan fingerprint density at radius 1 is 1.35 bits per heavy atom. The second kappa shape index (κ2) is 9.17. The molecule has 4 aromatic rings. The zero-order valence-corrected chi connectivity index (χ0v) is 20.2. The summed E-state index contributed by atoms with van der Waals surface area (Å²) in [5, 5.41) is 24.3. The summed E-state index contributed by atoms with van der Waals surface area (Å²) in [5.74, 6) is -0.112. The number of aryl methyl sites for hydroxylation is 1. The maximum absolute atomic E-state index is 12.9. The van der Waals surface area contributed by atoms with Crippen LogP contribution in [0.5, 0.6) is 0 Å². The number of nitrogens with zero attached hydrogens (tertiary/aromatic N) is 5. The average Bonchev–Trinajstić information content (AvgIpc) is 3.54. The molecule has 4 heterocycles. The van der Waals surface area contributed by atoms with Crippen molar-refractivity contribution in [1.29, 1.82) is 0 Å². The quantitative estimate of drug-likeness (QED) is 0.424. The van der Waals surface area contributed by atoms with Gasteiger partial charge in [-0.05, 0) is 36.2 Å². The largest absolute Gasteiger partial charge is 0.394 e. The van der Waals surface area contributed by atoms with Gasteiger partial charge < -0.3 is 10.4 Å². The molecule has 0 saturated heterocycles. The molecule has 1 amide bonds. The zero-order chi connectivity index (χ0) is 23.8. The molecule has 0 bridgehead atoms. The number of hydrogen-bond acceptors (Lipinski definition) is 7. The van der Waals surface area contributed by atoms with Crippen molar-refractivity contribution in [1.82, 2.24) is 24.9 Å². The summed E-state index contributed by atoms with van der Waals surface area (Å²) in [6.45, 7) is 2.53. The number of carbonyl (C=O) groups is 1. The molecule has 5 rings (SSSR count). The number of hydrazone groups is 1. The number of hydrogen-bond donors (Lipinski definition) is 2. The van der Waals surface area contributed by atoms with Gasteiger partial charge in [-0.1, -0.05) is 29.8 Å². The molecule has 1 aromatic carbocycles. The predicted octanol–water partition coefficient (Wildman–Crippen LogP) is 3.90. The van der Waals surface area contributed by atoms with Crippen molar-refractivity contribution >= 4 is 40.6 Å². The van der Waals surface area contributed by atoms with Gasteiger partial charge in [0.15, 0.2) is 5.01 Å². The van der Waals surface area contributed by atoms with E-state index in [0.29, 0.717) is 10.0 Å². The molecule has 2 atom stereocenters. The number of fused-ring (bicyclic) bond motifs is 1. The van der Waals surface area contributed by atoms with Gasteiger partial charge in [0.25, 0.3) is 5.91 Å². The van der Waals surface area contributed by atoms with E-state index in [0.717, 1.165) is 39.3 Å². The minimum atomic E-state index is -0.576. The van der Waals surface area contributed by atoms with Crippen LogP contribution in [0.2, 0.25) is 5.02 Å². The molecule has 34 heavy (non-hydrogen) atoms. The average molecular weight is 495 g/mol. The highest BCUT2D eigenvalue weighted by Gasteiger charge is 2.22. The third kappa shape index (κ3) is 4.29. The number of rotatable bonds is 6. The molecule has 0 saturated carbocycles. The van der Waals surface area contributed by atoms with Crippen molar-refractivity contribution in [3.05, 3.63) is 74.8 Å². The van der Waals surface area contributed by atoms with E-state index < -0.39 is 6.04 Å². The van der Waals surface area contributed by atoms with E-state index in [9.17, 15) is 9.90 Å². The highest BCUT2D eigenvalue weighted by Crippen LogP contribution is 2.32. The van der Waals surface area contributed by atoms with Crippen molar-refractivity contribution < 1.29 is 9.90 Å². The fraction of sp³-hybridized carbons (Fsp3) is 0.250. The predicted molar refractivity (Wildman–Crippen MR) is 134 cm³/mol. The summed E-state index contributed by atoms with van der Waals surface area (Å²) in [6, 6.07) is 10.6. The smallest absolute Gasteiger partial charge is 0.280 e. The number of halogens is 1. The number of carbonyl (C=O) groups excluding carboxylic acids is 1. The molecular weight excluding hydrogens is 472 g/mol. The first-order chi connectivity index (χ1) is 16.4. The van der Waals surface area contributed by atoms with Crippen LogP contribution >= 0.6 is 22.9 Å². The van der Waals surface area contributed by atoms with Crippen LogP contribution in [0.3, 0.4) is 0 Å². The first kappa shape index (κ1) is 22.5. The fourth-order valence-electron chi connectivity index (χ4n) is 4.09. The molecule has 1 aliphatic rings. The highest BCUT2D eigenvalue weighted by atomic mass is 35.5. The SMILES string of the molecule is Cc1sc(C(=O)N[C@H](CO)c2cccc(Cl)c2)nc1-c1cnn2cc(C3C=NN(C)C3)ccc12. The van der Waals surface area contributed by atoms with E-state index in [-0.39, 0.29) is 18.4 Å². The maximum Gasteiger partial charge on any atom is 0.280 e. The fourth-order valence-corrected chi connectivity index (χ4v) is 5.12. The number of benzene rings is 1. The lowest BCUT2D eigenvalue weighted by Gasteiger charge is -2.16. The Morgan fingerprint density at radius 2 is 2.21 bits per heavy atom. The van der Waals surface area contributed by atoms with Gasteiger partial charge in [0.05, 0.1) is 30.1 Å². The molecule has 1 unspecified atom stereocenters. The molecule has 10 heteroatoms. The molecule has 0 spiro atoms. The van der Waals surface area contributed by atoms with E-state index in [1.807, 2.05) is 48.0 Å². The molecule has 0 aliphatic carbocycles. The summed E-state index contributed by atoms with van der Waals surface area (Å²) >= 11 is 7.37. The van der Waals surface area contributed by atoms with Gasteiger partial charge in [0.1, 0.15) is 0 Å². The maximum atomic E-state index is 12.9. The van der Waals surface area contributed by atoms with E-state index in [2.05, 4.69) is 26.6 Å². The first-order valence-corrected chi connectivity index (χ1v) is 12.0. The summed E-state index contributed by atoms with van der Waals surface area (Å²) in [6.07, 6.45) is 5.74. The lowest BCUT2D eigenvalue weighted by atomic mass is 10.0. The summed E-state index contributed by atoms with van der Waals surface area (Å²) in [4.78, 5) is 18.5. The van der Waals surface area contributed by atoms with Gasteiger partial charge in [0.2, 0.25) is 0 Å². The van der Waals surface area contributed by atoms with Gasteiger partial charge >= 0.3 is 0 Å². The number of amides is 1. The van der Waals surface area contributed by atoms with Gasteiger partial charge in [0, 0.05) is 47.4 Å². The van der Waals surface area contributed by atoms with Crippen LogP contribution in [-0.4, -0.2) is 57.0 Å². The topological polar surface area (TPSA) is 95.1 Å². The summed E-state index contributed by atoms with van der Waals surface area (Å²) in [5.41, 5.74) is 4.38. The number of aliphatic hydroxyl groups excluding tert-OH is 1. The van der Waals surface area contributed by atoms with Crippen LogP contribution < -0.4 is 5.32 Å². The molecule has 0 fully saturated rings. The minimum Gasteiger partial charge on any atom is -0.394 e. The number of likely N-dealkylation sites (N-methyl/N-ethyl adjacent to an activating group) is 1. The lowest BCUT2D eigenvalue weighted by molar-refractivity contribution is 0.0916. The van der Waals surface area contributed by atoms with Crippen molar-refractivity contribution in [2.45, 2.75) is 18.9 Å². The number of pyridine rings is 1. The summed E-state index contributed by atoms with van der Waals surface area (Å²) in [7, 11) is 1.96. The van der Waals surface area contributed by atoms with E-state index in [4.69, 9.17) is 11.6 Å². The molecular formula is C24H23ClN6O2S. The van der Waals surface area contributed by atoms with Crippen LogP contribution in [0, 0.1) is 6.92 Å². The summed E-state index contributed by atoms with van der Waals surface area (Å²) < 4.78 is 1.84. The van der Waals surface area contributed by atoms with Crippen LogP contribution in [-0.2, 0) is 0 Å². The van der Waals surface area contributed by atoms with Crippen LogP contribution in [0.15, 0.2) is 53.9 Å². The van der Waals surface area contributed by atoms with Crippen molar-refractivity contribution in [2.24, 2.45) is 5.10 Å². The standard InChI is InChI=1S/C24H23ClN6O2S/c1-14-22(19-10-27-31-12-16(6-7-21(19)31)17-9-26-30(2)11-17)29-24(34-14)23(33)28-20(13-32)15-4-3-5-18(25)8-15/h3-10,12,17,20,32H,11,13H2,1-2H3,(H,28,33)/t17?,20-/m1/s1. The molecule has 0 radical (unpaired) electrons. The van der Waals surface area contributed by atoms with Gasteiger partial charge in [-0.3, -0.25) is 9.80 Å². The Labute approximate surface area is 205 Å². The molecule has 174 valence electrons. The molecule has 2 N–H and O–H groups in total. The Morgan fingerprint density at radius 3 is 2.94 bits per heavy atom. The Hall–Kier alpha value is -3.27. The molecule has 3 aromatic heterocycles. The Bertz CT molecular complexity index is 1400. The number of aliphatic hydroxyl groups is 1. The van der Waals surface area contributed by atoms with E-state index >= 15 is 0 Å². The second-order valence-corrected chi connectivity index (χ2v) is 9.89. The van der Waals surface area contributed by atoms with Crippen molar-refractivity contribution in [2.75, 3.05) is 20.2 Å². The van der Waals surface area contributed by atoms with E-state index in [1.54, 1.807) is 24.4 Å². The van der Waals surface area contributed by atoms with Gasteiger partial charge in [-0.25, -0.2) is 9.50 Å². The molecule has 1 aliphatic heterocycles. The monoisotopic (exact) mass is 494 g/mol. The van der Waals surface area contributed by atoms with Crippen molar-refractivity contribution in [3.8, 4) is 11.3 Å². The van der Waals surface area contributed by atoms with Crippen molar-refractivity contribution in [3.63, 3.8) is 0 Å². The van der Waals surface area contributed by atoms with E-state index in [1.165, 1.54) is 11.3 Å². The highest BCUT2D eigenvalue weighted by molar-refractivity contribution is 7.14. The Balaban J connectivity index is 1.40. The number of nitrogens with one attached hydrogen (secondary N) is 1. The normalized spacial score (nSPS) is 16.4. The van der Waals surface area contributed by atoms with Crippen LogP contribution in [0.1, 0.15) is 37.8 Å².